The second kappa shape index (κ2) is 3.40. The summed E-state index contributed by atoms with van der Waals surface area (Å²) in [5, 5.41) is 4.38. The molecular formula is C6H12N4O2. The number of nitrogens with zero attached hydrogens (tertiary/aromatic N) is 1. The normalized spacial score (nSPS) is 13.2. The molecule has 0 fully saturated rings. The first-order valence-corrected chi connectivity index (χ1v) is 3.74. The van der Waals surface area contributed by atoms with Gasteiger partial charge in [-0.2, -0.15) is 0 Å². The van der Waals surface area contributed by atoms with Gasteiger partial charge in [0.1, 0.15) is 0 Å². The number of aromatic amines is 2. The van der Waals surface area contributed by atoms with Crippen molar-refractivity contribution in [3.63, 3.8) is 0 Å². The van der Waals surface area contributed by atoms with Crippen molar-refractivity contribution in [1.29, 1.82) is 0 Å². The number of nitrogens with two attached hydrogens (primary N) is 1. The Morgan fingerprint density at radius 2 is 1.92 bits per heavy atom. The van der Waals surface area contributed by atoms with Crippen molar-refractivity contribution in [2.45, 2.75) is 25.9 Å². The Balaban J connectivity index is 2.75. The molecular weight excluding hydrogens is 160 g/mol. The number of aromatic nitrogens is 3. The molecule has 1 rings (SSSR count). The van der Waals surface area contributed by atoms with Crippen molar-refractivity contribution in [2.24, 2.45) is 5.73 Å². The maximum Gasteiger partial charge on any atom is 0.344 e. The van der Waals surface area contributed by atoms with Crippen LogP contribution in [0.4, 0.5) is 0 Å². The summed E-state index contributed by atoms with van der Waals surface area (Å²) in [6.45, 7) is 2.18. The lowest BCUT2D eigenvalue weighted by Gasteiger charge is -2.02. The number of nitrogens with one attached hydrogen (secondary N) is 2. The van der Waals surface area contributed by atoms with E-state index in [9.17, 15) is 9.59 Å². The molecule has 0 amide bonds. The van der Waals surface area contributed by atoms with Gasteiger partial charge >= 0.3 is 11.4 Å². The average molecular weight is 172 g/mol. The van der Waals surface area contributed by atoms with Gasteiger partial charge in [0.05, 0.1) is 0 Å². The Bertz CT molecular complexity index is 317. The quantitative estimate of drug-likeness (QED) is 0.523. The predicted octanol–water partition coefficient (Wildman–Crippen LogP) is -1.40. The summed E-state index contributed by atoms with van der Waals surface area (Å²) in [6.07, 6.45) is 0.612. The fourth-order valence-corrected chi connectivity index (χ4v) is 0.870. The molecule has 1 unspecified atom stereocenters. The standard InChI is InChI=1S/C6H12N4O2/c1-4(7)2-3-10-5(11)8-9-6(10)12/h4H,2-3,7H2,1H3,(H,8,11)(H,9,12). The SMILES string of the molecule is CC(N)CCn1c(=O)[nH][nH]c1=O. The lowest BCUT2D eigenvalue weighted by Crippen LogP contribution is -2.29. The molecule has 0 radical (unpaired) electrons. The van der Waals surface area contributed by atoms with Gasteiger partial charge in [0.2, 0.25) is 0 Å². The molecule has 1 heterocycles. The van der Waals surface area contributed by atoms with Gasteiger partial charge in [-0.25, -0.2) is 24.4 Å². The van der Waals surface area contributed by atoms with Gasteiger partial charge in [0.15, 0.2) is 0 Å². The monoisotopic (exact) mass is 172 g/mol. The Morgan fingerprint density at radius 3 is 2.33 bits per heavy atom. The van der Waals surface area contributed by atoms with Gasteiger partial charge in [-0.1, -0.05) is 0 Å². The van der Waals surface area contributed by atoms with Gasteiger partial charge in [-0.15, -0.1) is 0 Å². The molecule has 6 heteroatoms. The summed E-state index contributed by atoms with van der Waals surface area (Å²) in [5.41, 5.74) is 4.64. The molecule has 1 aromatic rings. The van der Waals surface area contributed by atoms with E-state index in [4.69, 9.17) is 5.73 Å². The first-order valence-electron chi connectivity index (χ1n) is 3.74. The molecule has 0 aliphatic rings. The maximum absolute atomic E-state index is 10.9. The van der Waals surface area contributed by atoms with Crippen molar-refractivity contribution in [1.82, 2.24) is 14.8 Å². The largest absolute Gasteiger partial charge is 0.344 e. The van der Waals surface area contributed by atoms with Crippen LogP contribution >= 0.6 is 0 Å². The van der Waals surface area contributed by atoms with Crippen LogP contribution in [0.2, 0.25) is 0 Å². The van der Waals surface area contributed by atoms with E-state index in [0.29, 0.717) is 13.0 Å². The van der Waals surface area contributed by atoms with Crippen LogP contribution in [0.25, 0.3) is 0 Å². The average Bonchev–Trinajstić information content (AvgIpc) is 2.28. The zero-order valence-electron chi connectivity index (χ0n) is 6.83. The highest BCUT2D eigenvalue weighted by Gasteiger charge is 2.02. The zero-order chi connectivity index (χ0) is 9.14. The van der Waals surface area contributed by atoms with Gasteiger partial charge < -0.3 is 5.73 Å². The molecule has 0 aromatic carbocycles. The van der Waals surface area contributed by atoms with Crippen LogP contribution in [-0.4, -0.2) is 20.8 Å². The van der Waals surface area contributed by atoms with Gasteiger partial charge in [0, 0.05) is 12.6 Å². The molecule has 0 spiro atoms. The molecule has 0 bridgehead atoms. The van der Waals surface area contributed by atoms with Crippen LogP contribution in [0.15, 0.2) is 9.59 Å². The first kappa shape index (κ1) is 8.79. The van der Waals surface area contributed by atoms with Crippen molar-refractivity contribution in [3.05, 3.63) is 21.0 Å². The molecule has 0 aliphatic carbocycles. The molecule has 12 heavy (non-hydrogen) atoms. The summed E-state index contributed by atoms with van der Waals surface area (Å²) in [5.74, 6) is 0. The van der Waals surface area contributed by atoms with Crippen LogP contribution in [0.3, 0.4) is 0 Å². The summed E-state index contributed by atoms with van der Waals surface area (Å²) in [6, 6.07) is -0.00815. The van der Waals surface area contributed by atoms with Crippen LogP contribution in [0, 0.1) is 0 Å². The van der Waals surface area contributed by atoms with Crippen molar-refractivity contribution in [2.75, 3.05) is 0 Å². The molecule has 6 nitrogen and oxygen atoms in total. The van der Waals surface area contributed by atoms with E-state index >= 15 is 0 Å². The van der Waals surface area contributed by atoms with Crippen LogP contribution < -0.4 is 17.1 Å². The third-order valence-corrected chi connectivity index (χ3v) is 1.57. The minimum absolute atomic E-state index is 0.00815. The second-order valence-electron chi connectivity index (χ2n) is 2.78. The van der Waals surface area contributed by atoms with Crippen LogP contribution in [-0.2, 0) is 6.54 Å². The molecule has 1 atom stereocenters. The zero-order valence-corrected chi connectivity index (χ0v) is 6.83. The van der Waals surface area contributed by atoms with E-state index < -0.39 is 11.4 Å². The van der Waals surface area contributed by atoms with E-state index in [0.717, 1.165) is 4.57 Å². The topological polar surface area (TPSA) is 96.7 Å². The number of H-pyrrole nitrogens is 2. The molecule has 4 N–H and O–H groups in total. The minimum Gasteiger partial charge on any atom is -0.328 e. The summed E-state index contributed by atoms with van der Waals surface area (Å²) < 4.78 is 1.09. The highest BCUT2D eigenvalue weighted by Crippen LogP contribution is 1.86. The van der Waals surface area contributed by atoms with Crippen LogP contribution in [0.5, 0.6) is 0 Å². The maximum atomic E-state index is 10.9. The van der Waals surface area contributed by atoms with Crippen LogP contribution in [0.1, 0.15) is 13.3 Å². The number of hydrogen-bond acceptors (Lipinski definition) is 3. The highest BCUT2D eigenvalue weighted by molar-refractivity contribution is 4.66. The Kier molecular flexibility index (Phi) is 2.49. The minimum atomic E-state index is -0.416. The Labute approximate surface area is 68.4 Å². The van der Waals surface area contributed by atoms with Crippen molar-refractivity contribution >= 4 is 0 Å². The van der Waals surface area contributed by atoms with Crippen molar-refractivity contribution < 1.29 is 0 Å². The third kappa shape index (κ3) is 1.85. The lowest BCUT2D eigenvalue weighted by molar-refractivity contribution is 0.549. The molecule has 0 aliphatic heterocycles. The summed E-state index contributed by atoms with van der Waals surface area (Å²) in [4.78, 5) is 21.8. The van der Waals surface area contributed by atoms with Crippen molar-refractivity contribution in [3.8, 4) is 0 Å². The highest BCUT2D eigenvalue weighted by atomic mass is 16.2. The fourth-order valence-electron chi connectivity index (χ4n) is 0.870. The van der Waals surface area contributed by atoms with E-state index in [1.165, 1.54) is 0 Å². The molecule has 0 saturated carbocycles. The first-order chi connectivity index (χ1) is 5.61. The summed E-state index contributed by atoms with van der Waals surface area (Å²) >= 11 is 0. The number of hydrogen-bond donors (Lipinski definition) is 3. The lowest BCUT2D eigenvalue weighted by atomic mass is 10.2. The predicted molar refractivity (Wildman–Crippen MR) is 43.9 cm³/mol. The fraction of sp³-hybridized carbons (Fsp3) is 0.667. The van der Waals surface area contributed by atoms with Gasteiger partial charge in [-0.3, -0.25) is 0 Å². The molecule has 0 saturated heterocycles. The van der Waals surface area contributed by atoms with E-state index in [1.54, 1.807) is 0 Å². The Hall–Kier alpha value is -1.30. The van der Waals surface area contributed by atoms with E-state index in [2.05, 4.69) is 10.2 Å². The second-order valence-corrected chi connectivity index (χ2v) is 2.78. The Morgan fingerprint density at radius 1 is 1.42 bits per heavy atom. The third-order valence-electron chi connectivity index (χ3n) is 1.57. The molecule has 68 valence electrons. The van der Waals surface area contributed by atoms with E-state index in [-0.39, 0.29) is 6.04 Å². The summed E-state index contributed by atoms with van der Waals surface area (Å²) in [7, 11) is 0. The van der Waals surface area contributed by atoms with E-state index in [1.807, 2.05) is 6.92 Å². The molecule has 1 aromatic heterocycles. The smallest absolute Gasteiger partial charge is 0.328 e. The number of rotatable bonds is 3. The van der Waals surface area contributed by atoms with Gasteiger partial charge in [-0.05, 0) is 13.3 Å². The van der Waals surface area contributed by atoms with Gasteiger partial charge in [0.25, 0.3) is 0 Å².